The van der Waals surface area contributed by atoms with Crippen LogP contribution in [0, 0.1) is 5.92 Å². The molecule has 0 aromatic rings. The molecule has 12 heavy (non-hydrogen) atoms. The maximum atomic E-state index is 2.45. The van der Waals surface area contributed by atoms with E-state index < -0.39 is 0 Å². The summed E-state index contributed by atoms with van der Waals surface area (Å²) in [6.07, 6.45) is 5.67. The molecule has 0 amide bonds. The monoisotopic (exact) mass is 171 g/mol. The Morgan fingerprint density at radius 3 is 1.83 bits per heavy atom. The van der Waals surface area contributed by atoms with Crippen LogP contribution in [0.4, 0.5) is 0 Å². The zero-order valence-electron chi connectivity index (χ0n) is 9.27. The normalized spacial score (nSPS) is 22.0. The van der Waals surface area contributed by atoms with Gasteiger partial charge in [-0.2, -0.15) is 0 Å². The van der Waals surface area contributed by atoms with Crippen LogP contribution in [0.5, 0.6) is 0 Å². The molecule has 0 N–H and O–H groups in total. The van der Waals surface area contributed by atoms with E-state index in [0.717, 1.165) is 5.92 Å². The number of likely N-dealkylation sites (tertiary alicyclic amines) is 1. The van der Waals surface area contributed by atoms with Gasteiger partial charge in [0.15, 0.2) is 0 Å². The van der Waals surface area contributed by atoms with Crippen molar-refractivity contribution in [3.8, 4) is 0 Å². The van der Waals surface area contributed by atoms with Gasteiger partial charge in [0.1, 0.15) is 0 Å². The summed E-state index contributed by atoms with van der Waals surface area (Å²) in [5, 5.41) is 0. The van der Waals surface area contributed by atoms with Crippen molar-refractivity contribution in [1.29, 1.82) is 0 Å². The fraction of sp³-hybridized carbons (Fsp3) is 1.00. The molecule has 0 saturated carbocycles. The third-order valence-electron chi connectivity index (χ3n) is 2.47. The molecule has 1 fully saturated rings. The van der Waals surface area contributed by atoms with E-state index >= 15 is 0 Å². The molecule has 74 valence electrons. The Hall–Kier alpha value is -0.0400. The summed E-state index contributed by atoms with van der Waals surface area (Å²) in [6, 6.07) is 0. The molecule has 0 spiro atoms. The first-order chi connectivity index (χ1) is 5.79. The lowest BCUT2D eigenvalue weighted by atomic mass is 9.98. The van der Waals surface area contributed by atoms with E-state index in [1.54, 1.807) is 0 Å². The molecule has 1 aliphatic heterocycles. The van der Waals surface area contributed by atoms with Crippen molar-refractivity contribution in [3.63, 3.8) is 0 Å². The van der Waals surface area contributed by atoms with Crippen molar-refractivity contribution in [3.05, 3.63) is 0 Å². The first-order valence-corrected chi connectivity index (χ1v) is 5.47. The third kappa shape index (κ3) is 5.59. The summed E-state index contributed by atoms with van der Waals surface area (Å²) in [7, 11) is 2.23. The van der Waals surface area contributed by atoms with Gasteiger partial charge in [-0.3, -0.25) is 0 Å². The summed E-state index contributed by atoms with van der Waals surface area (Å²) >= 11 is 0. The van der Waals surface area contributed by atoms with Gasteiger partial charge in [-0.05, 0) is 51.7 Å². The average Bonchev–Trinajstić information content (AvgIpc) is 2.05. The van der Waals surface area contributed by atoms with Crippen molar-refractivity contribution in [2.75, 3.05) is 20.1 Å². The largest absolute Gasteiger partial charge is 0.306 e. The highest BCUT2D eigenvalue weighted by Gasteiger charge is 2.07. The van der Waals surface area contributed by atoms with E-state index in [1.807, 2.05) is 13.8 Å². The number of hydrogen-bond acceptors (Lipinski definition) is 1. The lowest BCUT2D eigenvalue weighted by Crippen LogP contribution is -2.23. The maximum Gasteiger partial charge on any atom is -0.00217 e. The van der Waals surface area contributed by atoms with Gasteiger partial charge in [-0.25, -0.2) is 0 Å². The molecule has 1 aliphatic rings. The lowest BCUT2D eigenvalue weighted by molar-refractivity contribution is 0.270. The number of rotatable bonds is 0. The minimum Gasteiger partial charge on any atom is -0.306 e. The first-order valence-electron chi connectivity index (χ1n) is 5.47. The summed E-state index contributed by atoms with van der Waals surface area (Å²) in [6.45, 7) is 9.00. The van der Waals surface area contributed by atoms with Crippen LogP contribution < -0.4 is 0 Å². The predicted molar refractivity (Wildman–Crippen MR) is 56.5 cm³/mol. The van der Waals surface area contributed by atoms with Gasteiger partial charge >= 0.3 is 0 Å². The highest BCUT2D eigenvalue weighted by atomic mass is 15.1. The van der Waals surface area contributed by atoms with Crippen LogP contribution >= 0.6 is 0 Å². The highest BCUT2D eigenvalue weighted by molar-refractivity contribution is 4.62. The van der Waals surface area contributed by atoms with Crippen LogP contribution in [0.25, 0.3) is 0 Å². The molecule has 0 aliphatic carbocycles. The fourth-order valence-corrected chi connectivity index (χ4v) is 1.68. The third-order valence-corrected chi connectivity index (χ3v) is 2.47. The van der Waals surface area contributed by atoms with Crippen molar-refractivity contribution in [1.82, 2.24) is 4.90 Å². The molecule has 0 aromatic carbocycles. The fourth-order valence-electron chi connectivity index (χ4n) is 1.68. The van der Waals surface area contributed by atoms with Gasteiger partial charge in [-0.15, -0.1) is 0 Å². The maximum absolute atomic E-state index is 2.45. The minimum absolute atomic E-state index is 0.980. The van der Waals surface area contributed by atoms with Crippen LogP contribution in [-0.2, 0) is 0 Å². The van der Waals surface area contributed by atoms with Crippen molar-refractivity contribution in [2.45, 2.75) is 46.5 Å². The zero-order chi connectivity index (χ0) is 9.40. The Balaban J connectivity index is 0.000000561. The molecule has 1 heterocycles. The highest BCUT2D eigenvalue weighted by Crippen LogP contribution is 2.15. The molecule has 0 bridgehead atoms. The van der Waals surface area contributed by atoms with Crippen LogP contribution in [0.2, 0.25) is 0 Å². The molecule has 0 unspecified atom stereocenters. The van der Waals surface area contributed by atoms with Gasteiger partial charge in [-0.1, -0.05) is 20.8 Å². The molecule has 0 radical (unpaired) electrons. The Labute approximate surface area is 78.1 Å². The second kappa shape index (κ2) is 7.60. The molecule has 0 aromatic heterocycles. The van der Waals surface area contributed by atoms with Gasteiger partial charge in [0, 0.05) is 0 Å². The van der Waals surface area contributed by atoms with Crippen molar-refractivity contribution in [2.24, 2.45) is 5.92 Å². The van der Waals surface area contributed by atoms with E-state index in [2.05, 4.69) is 18.9 Å². The van der Waals surface area contributed by atoms with Crippen LogP contribution in [0.1, 0.15) is 46.5 Å². The van der Waals surface area contributed by atoms with E-state index in [9.17, 15) is 0 Å². The molecule has 1 saturated heterocycles. The Kier molecular flexibility index (Phi) is 7.58. The standard InChI is InChI=1S/C9H19N.C2H6/c1-9-5-3-7-10(2)8-4-6-9;1-2/h9H,3-8H2,1-2H3;1-2H3. The summed E-state index contributed by atoms with van der Waals surface area (Å²) < 4.78 is 0. The number of nitrogens with zero attached hydrogens (tertiary/aromatic N) is 1. The SMILES string of the molecule is CC.CC1CCCN(C)CCC1. The van der Waals surface area contributed by atoms with Crippen molar-refractivity contribution < 1.29 is 0 Å². The van der Waals surface area contributed by atoms with Crippen LogP contribution in [-0.4, -0.2) is 25.0 Å². The first kappa shape index (κ1) is 12.0. The van der Waals surface area contributed by atoms with E-state index in [1.165, 1.54) is 38.8 Å². The van der Waals surface area contributed by atoms with Crippen LogP contribution in [0.15, 0.2) is 0 Å². The van der Waals surface area contributed by atoms with E-state index in [0.29, 0.717) is 0 Å². The van der Waals surface area contributed by atoms with E-state index in [4.69, 9.17) is 0 Å². The molecule has 0 atom stereocenters. The molecule has 1 rings (SSSR count). The van der Waals surface area contributed by atoms with Crippen molar-refractivity contribution >= 4 is 0 Å². The second-order valence-corrected chi connectivity index (χ2v) is 3.69. The summed E-state index contributed by atoms with van der Waals surface area (Å²) in [5.74, 6) is 0.980. The van der Waals surface area contributed by atoms with Gasteiger partial charge < -0.3 is 4.90 Å². The van der Waals surface area contributed by atoms with Crippen LogP contribution in [0.3, 0.4) is 0 Å². The van der Waals surface area contributed by atoms with Gasteiger partial charge in [0.25, 0.3) is 0 Å². The topological polar surface area (TPSA) is 3.24 Å². The predicted octanol–water partition coefficient (Wildman–Crippen LogP) is 3.15. The second-order valence-electron chi connectivity index (χ2n) is 3.69. The Morgan fingerprint density at radius 2 is 1.42 bits per heavy atom. The Morgan fingerprint density at radius 1 is 1.00 bits per heavy atom. The number of hydrogen-bond donors (Lipinski definition) is 0. The van der Waals surface area contributed by atoms with Gasteiger partial charge in [0.2, 0.25) is 0 Å². The quantitative estimate of drug-likeness (QED) is 0.541. The lowest BCUT2D eigenvalue weighted by Gasteiger charge is -2.22. The minimum atomic E-state index is 0.980. The zero-order valence-corrected chi connectivity index (χ0v) is 9.27. The molecule has 1 heteroatoms. The Bertz CT molecular complexity index is 71.0. The molecular weight excluding hydrogens is 146 g/mol. The summed E-state index contributed by atoms with van der Waals surface area (Å²) in [5.41, 5.74) is 0. The smallest absolute Gasteiger partial charge is 0.00217 e. The van der Waals surface area contributed by atoms with Gasteiger partial charge in [0.05, 0.1) is 0 Å². The molecule has 1 nitrogen and oxygen atoms in total. The molecular formula is C11H25N. The average molecular weight is 171 g/mol. The van der Waals surface area contributed by atoms with E-state index in [-0.39, 0.29) is 0 Å². The summed E-state index contributed by atoms with van der Waals surface area (Å²) in [4.78, 5) is 2.45.